The number of urea groups is 1. The first-order valence-electron chi connectivity index (χ1n) is 9.25. The lowest BCUT2D eigenvalue weighted by Crippen LogP contribution is -2.48. The number of hydrogen-bond acceptors (Lipinski definition) is 5. The summed E-state index contributed by atoms with van der Waals surface area (Å²) >= 11 is 0. The van der Waals surface area contributed by atoms with Gasteiger partial charge in [0, 0.05) is 69.6 Å². The maximum atomic E-state index is 12.6. The van der Waals surface area contributed by atoms with Crippen LogP contribution in [0.3, 0.4) is 0 Å². The van der Waals surface area contributed by atoms with Gasteiger partial charge in [0.15, 0.2) is 5.82 Å². The first-order valence-corrected chi connectivity index (χ1v) is 9.25. The van der Waals surface area contributed by atoms with Crippen molar-refractivity contribution in [3.05, 3.63) is 42.2 Å². The van der Waals surface area contributed by atoms with E-state index in [1.165, 1.54) is 0 Å². The number of anilines is 1. The number of likely N-dealkylation sites (tertiary alicyclic amines) is 1. The zero-order valence-corrected chi connectivity index (χ0v) is 15.8. The molecule has 27 heavy (non-hydrogen) atoms. The SMILES string of the molecule is Cc1cnccc1NCCNC(=O)N1CCC[C@@H](C(=O)c2nccn2C)C1. The van der Waals surface area contributed by atoms with Gasteiger partial charge in [0.1, 0.15) is 0 Å². The van der Waals surface area contributed by atoms with Crippen LogP contribution in [0.4, 0.5) is 10.5 Å². The summed E-state index contributed by atoms with van der Waals surface area (Å²) in [7, 11) is 1.81. The van der Waals surface area contributed by atoms with E-state index in [0.29, 0.717) is 32.0 Å². The fourth-order valence-corrected chi connectivity index (χ4v) is 3.31. The van der Waals surface area contributed by atoms with Crippen LogP contribution in [0.15, 0.2) is 30.9 Å². The Morgan fingerprint density at radius 2 is 2.15 bits per heavy atom. The molecule has 144 valence electrons. The number of piperidine rings is 1. The Balaban J connectivity index is 1.46. The summed E-state index contributed by atoms with van der Waals surface area (Å²) in [5, 5.41) is 6.21. The second kappa shape index (κ2) is 8.66. The van der Waals surface area contributed by atoms with E-state index in [1.807, 2.05) is 20.0 Å². The van der Waals surface area contributed by atoms with Crippen molar-refractivity contribution >= 4 is 17.5 Å². The van der Waals surface area contributed by atoms with Crippen LogP contribution in [-0.2, 0) is 7.05 Å². The monoisotopic (exact) mass is 370 g/mol. The molecule has 0 saturated carbocycles. The standard InChI is InChI=1S/C19H26N6O2/c1-14-12-20-6-5-16(14)21-7-8-23-19(27)25-10-3-4-15(13-25)17(26)18-22-9-11-24(18)2/h5-6,9,11-12,15H,3-4,7-8,10,13H2,1-2H3,(H,20,21)(H,23,27)/t15-/m1/s1. The quantitative estimate of drug-likeness (QED) is 0.598. The molecule has 0 aliphatic carbocycles. The fraction of sp³-hybridized carbons (Fsp3) is 0.474. The van der Waals surface area contributed by atoms with Gasteiger partial charge in [-0.1, -0.05) is 0 Å². The summed E-state index contributed by atoms with van der Waals surface area (Å²) in [5.41, 5.74) is 2.08. The van der Waals surface area contributed by atoms with Gasteiger partial charge >= 0.3 is 6.03 Å². The van der Waals surface area contributed by atoms with Crippen LogP contribution in [-0.4, -0.2) is 57.4 Å². The minimum absolute atomic E-state index is 0.00910. The van der Waals surface area contributed by atoms with E-state index < -0.39 is 0 Å². The summed E-state index contributed by atoms with van der Waals surface area (Å²) in [5.74, 6) is 0.275. The molecule has 3 rings (SSSR count). The minimum atomic E-state index is -0.191. The summed E-state index contributed by atoms with van der Waals surface area (Å²) in [6.45, 7) is 4.23. The number of ketones is 1. The Labute approximate surface area is 159 Å². The highest BCUT2D eigenvalue weighted by atomic mass is 16.2. The normalized spacial score (nSPS) is 16.8. The molecule has 8 heteroatoms. The molecule has 1 atom stereocenters. The molecule has 2 N–H and O–H groups in total. The van der Waals surface area contributed by atoms with E-state index in [4.69, 9.17) is 0 Å². The lowest BCUT2D eigenvalue weighted by Gasteiger charge is -2.31. The Morgan fingerprint density at radius 3 is 2.89 bits per heavy atom. The number of carbonyl (C=O) groups is 2. The lowest BCUT2D eigenvalue weighted by molar-refractivity contribution is 0.0832. The van der Waals surface area contributed by atoms with Gasteiger partial charge < -0.3 is 20.1 Å². The molecule has 0 bridgehead atoms. The fourth-order valence-electron chi connectivity index (χ4n) is 3.31. The van der Waals surface area contributed by atoms with Crippen molar-refractivity contribution in [1.29, 1.82) is 0 Å². The predicted octanol–water partition coefficient (Wildman–Crippen LogP) is 1.84. The van der Waals surface area contributed by atoms with Crippen molar-refractivity contribution < 1.29 is 9.59 Å². The number of hydrogen-bond donors (Lipinski definition) is 2. The van der Waals surface area contributed by atoms with Gasteiger partial charge in [0.05, 0.1) is 0 Å². The molecule has 1 aliphatic heterocycles. The van der Waals surface area contributed by atoms with Crippen LogP contribution in [0.25, 0.3) is 0 Å². The largest absolute Gasteiger partial charge is 0.383 e. The van der Waals surface area contributed by atoms with E-state index in [9.17, 15) is 9.59 Å². The Kier molecular flexibility index (Phi) is 6.05. The minimum Gasteiger partial charge on any atom is -0.383 e. The van der Waals surface area contributed by atoms with Crippen LogP contribution in [0, 0.1) is 12.8 Å². The molecule has 1 saturated heterocycles. The summed E-state index contributed by atoms with van der Waals surface area (Å²) in [6.07, 6.45) is 8.53. The molecule has 8 nitrogen and oxygen atoms in total. The Hall–Kier alpha value is -2.90. The van der Waals surface area contributed by atoms with Crippen LogP contribution in [0.2, 0.25) is 0 Å². The Bertz CT molecular complexity index is 803. The molecule has 0 radical (unpaired) electrons. The van der Waals surface area contributed by atoms with E-state index in [-0.39, 0.29) is 17.7 Å². The average molecular weight is 370 g/mol. The maximum Gasteiger partial charge on any atom is 0.317 e. The molecule has 1 fully saturated rings. The van der Waals surface area contributed by atoms with E-state index >= 15 is 0 Å². The number of Topliss-reactive ketones (excluding diaryl/α,β-unsaturated/α-hetero) is 1. The van der Waals surface area contributed by atoms with Gasteiger partial charge in [-0.2, -0.15) is 0 Å². The number of nitrogens with one attached hydrogen (secondary N) is 2. The average Bonchev–Trinajstić information content (AvgIpc) is 3.11. The summed E-state index contributed by atoms with van der Waals surface area (Å²) in [6, 6.07) is 1.79. The number of amides is 2. The molecule has 2 aromatic rings. The molecule has 2 aromatic heterocycles. The van der Waals surface area contributed by atoms with Crippen LogP contribution >= 0.6 is 0 Å². The number of pyridine rings is 1. The van der Waals surface area contributed by atoms with E-state index in [0.717, 1.165) is 24.1 Å². The highest BCUT2D eigenvalue weighted by Gasteiger charge is 2.30. The van der Waals surface area contributed by atoms with Crippen molar-refractivity contribution in [3.63, 3.8) is 0 Å². The third-order valence-corrected chi connectivity index (χ3v) is 4.86. The first kappa shape index (κ1) is 18.9. The molecular formula is C19H26N6O2. The number of rotatable bonds is 6. The van der Waals surface area contributed by atoms with Gasteiger partial charge in [-0.15, -0.1) is 0 Å². The molecule has 1 aliphatic rings. The van der Waals surface area contributed by atoms with Crippen molar-refractivity contribution in [1.82, 2.24) is 24.8 Å². The topological polar surface area (TPSA) is 92.2 Å². The third kappa shape index (κ3) is 4.64. The second-order valence-corrected chi connectivity index (χ2v) is 6.86. The van der Waals surface area contributed by atoms with Gasteiger partial charge in [0.25, 0.3) is 0 Å². The molecule has 0 spiro atoms. The number of aromatic nitrogens is 3. The van der Waals surface area contributed by atoms with Crippen LogP contribution in [0.1, 0.15) is 29.0 Å². The van der Waals surface area contributed by atoms with Gasteiger partial charge in [-0.25, -0.2) is 9.78 Å². The van der Waals surface area contributed by atoms with Gasteiger partial charge in [-0.3, -0.25) is 9.78 Å². The predicted molar refractivity (Wildman–Crippen MR) is 103 cm³/mol. The second-order valence-electron chi connectivity index (χ2n) is 6.86. The zero-order valence-electron chi connectivity index (χ0n) is 15.8. The number of aryl methyl sites for hydroxylation is 2. The highest BCUT2D eigenvalue weighted by Crippen LogP contribution is 2.20. The molecule has 0 aromatic carbocycles. The van der Waals surface area contributed by atoms with Crippen molar-refractivity contribution in [2.75, 3.05) is 31.5 Å². The maximum absolute atomic E-state index is 12.6. The number of nitrogens with zero attached hydrogens (tertiary/aromatic N) is 4. The lowest BCUT2D eigenvalue weighted by atomic mass is 9.93. The zero-order chi connectivity index (χ0) is 19.2. The third-order valence-electron chi connectivity index (χ3n) is 4.86. The number of carbonyl (C=O) groups excluding carboxylic acids is 2. The van der Waals surface area contributed by atoms with Gasteiger partial charge in [0.2, 0.25) is 5.78 Å². The first-order chi connectivity index (χ1) is 13.1. The molecule has 0 unspecified atom stereocenters. The van der Waals surface area contributed by atoms with Crippen LogP contribution < -0.4 is 10.6 Å². The van der Waals surface area contributed by atoms with E-state index in [1.54, 1.807) is 34.3 Å². The van der Waals surface area contributed by atoms with Crippen molar-refractivity contribution in [2.45, 2.75) is 19.8 Å². The van der Waals surface area contributed by atoms with Crippen molar-refractivity contribution in [3.8, 4) is 0 Å². The highest BCUT2D eigenvalue weighted by molar-refractivity contribution is 5.95. The van der Waals surface area contributed by atoms with Gasteiger partial charge in [-0.05, 0) is 31.4 Å². The molecule has 3 heterocycles. The Morgan fingerprint density at radius 1 is 1.30 bits per heavy atom. The smallest absolute Gasteiger partial charge is 0.317 e. The molecular weight excluding hydrogens is 344 g/mol. The number of imidazole rings is 1. The van der Waals surface area contributed by atoms with Crippen LogP contribution in [0.5, 0.6) is 0 Å². The van der Waals surface area contributed by atoms with E-state index in [2.05, 4.69) is 20.6 Å². The van der Waals surface area contributed by atoms with Crippen molar-refractivity contribution in [2.24, 2.45) is 13.0 Å². The summed E-state index contributed by atoms with van der Waals surface area (Å²) < 4.78 is 1.73. The summed E-state index contributed by atoms with van der Waals surface area (Å²) in [4.78, 5) is 35.0. The molecule has 2 amide bonds.